The standard InChI is InChI=1S/C12H18S/c1-3-10(2)8-9-11-6-4-5-7-12(11)13/h4-7,10,13H,3,8-9H2,1-2H3. The van der Waals surface area contributed by atoms with Gasteiger partial charge in [0.1, 0.15) is 0 Å². The second-order valence-corrected chi connectivity index (χ2v) is 4.16. The van der Waals surface area contributed by atoms with Gasteiger partial charge in [-0.25, -0.2) is 0 Å². The van der Waals surface area contributed by atoms with Crippen LogP contribution < -0.4 is 0 Å². The lowest BCUT2D eigenvalue weighted by Crippen LogP contribution is -1.95. The molecule has 0 saturated carbocycles. The van der Waals surface area contributed by atoms with E-state index in [1.807, 2.05) is 6.07 Å². The van der Waals surface area contributed by atoms with Crippen molar-refractivity contribution in [1.82, 2.24) is 0 Å². The summed E-state index contributed by atoms with van der Waals surface area (Å²) in [7, 11) is 0. The van der Waals surface area contributed by atoms with Gasteiger partial charge in [0, 0.05) is 4.90 Å². The average Bonchev–Trinajstić information content (AvgIpc) is 2.16. The molecule has 0 heterocycles. The van der Waals surface area contributed by atoms with Gasteiger partial charge >= 0.3 is 0 Å². The minimum Gasteiger partial charge on any atom is -0.143 e. The molecule has 0 spiro atoms. The second kappa shape index (κ2) is 5.33. The van der Waals surface area contributed by atoms with Crippen molar-refractivity contribution < 1.29 is 0 Å². The van der Waals surface area contributed by atoms with E-state index in [0.717, 1.165) is 17.2 Å². The maximum absolute atomic E-state index is 4.43. The minimum absolute atomic E-state index is 0.827. The zero-order valence-electron chi connectivity index (χ0n) is 8.46. The highest BCUT2D eigenvalue weighted by atomic mass is 32.1. The molecule has 0 amide bonds. The molecule has 0 N–H and O–H groups in total. The van der Waals surface area contributed by atoms with Crippen LogP contribution in [0, 0.1) is 5.92 Å². The third-order valence-corrected chi connectivity index (χ3v) is 3.03. The molecule has 13 heavy (non-hydrogen) atoms. The van der Waals surface area contributed by atoms with Crippen LogP contribution in [0.4, 0.5) is 0 Å². The predicted molar refractivity (Wildman–Crippen MR) is 61.5 cm³/mol. The molecule has 0 saturated heterocycles. The van der Waals surface area contributed by atoms with Crippen molar-refractivity contribution in [1.29, 1.82) is 0 Å². The molecule has 0 radical (unpaired) electrons. The van der Waals surface area contributed by atoms with Crippen LogP contribution >= 0.6 is 12.6 Å². The normalized spacial score (nSPS) is 12.8. The largest absolute Gasteiger partial charge is 0.143 e. The fourth-order valence-corrected chi connectivity index (χ4v) is 1.60. The highest BCUT2D eigenvalue weighted by Crippen LogP contribution is 2.18. The Kier molecular flexibility index (Phi) is 4.37. The fraction of sp³-hybridized carbons (Fsp3) is 0.500. The first-order valence-corrected chi connectivity index (χ1v) is 5.45. The molecule has 0 aliphatic heterocycles. The Morgan fingerprint density at radius 2 is 2.00 bits per heavy atom. The topological polar surface area (TPSA) is 0 Å². The molecule has 0 nitrogen and oxygen atoms in total. The SMILES string of the molecule is CCC(C)CCc1ccccc1S. The third-order valence-electron chi connectivity index (χ3n) is 2.60. The quantitative estimate of drug-likeness (QED) is 0.689. The van der Waals surface area contributed by atoms with E-state index < -0.39 is 0 Å². The molecule has 72 valence electrons. The van der Waals surface area contributed by atoms with Crippen molar-refractivity contribution in [2.24, 2.45) is 5.92 Å². The van der Waals surface area contributed by atoms with Crippen LogP contribution in [0.2, 0.25) is 0 Å². The summed E-state index contributed by atoms with van der Waals surface area (Å²) < 4.78 is 0. The van der Waals surface area contributed by atoms with E-state index >= 15 is 0 Å². The van der Waals surface area contributed by atoms with Gasteiger partial charge in [-0.15, -0.1) is 12.6 Å². The van der Waals surface area contributed by atoms with Gasteiger partial charge < -0.3 is 0 Å². The first-order valence-electron chi connectivity index (χ1n) is 5.01. The number of hydrogen-bond acceptors (Lipinski definition) is 1. The first kappa shape index (κ1) is 10.6. The van der Waals surface area contributed by atoms with Crippen molar-refractivity contribution in [3.8, 4) is 0 Å². The smallest absolute Gasteiger partial charge is 0.00720 e. The molecule has 1 heteroatoms. The molecule has 1 atom stereocenters. The molecule has 0 aliphatic carbocycles. The monoisotopic (exact) mass is 194 g/mol. The van der Waals surface area contributed by atoms with E-state index in [1.54, 1.807) is 0 Å². The Labute approximate surface area is 86.8 Å². The second-order valence-electron chi connectivity index (χ2n) is 3.68. The van der Waals surface area contributed by atoms with Crippen molar-refractivity contribution in [2.75, 3.05) is 0 Å². The predicted octanol–water partition coefficient (Wildman–Crippen LogP) is 3.95. The summed E-state index contributed by atoms with van der Waals surface area (Å²) in [6, 6.07) is 8.36. The molecular weight excluding hydrogens is 176 g/mol. The number of aryl methyl sites for hydroxylation is 1. The third kappa shape index (κ3) is 3.43. The Hall–Kier alpha value is -0.430. The zero-order chi connectivity index (χ0) is 9.68. The van der Waals surface area contributed by atoms with Gasteiger partial charge in [-0.3, -0.25) is 0 Å². The van der Waals surface area contributed by atoms with Crippen LogP contribution in [0.15, 0.2) is 29.2 Å². The molecule has 1 aromatic rings. The first-order chi connectivity index (χ1) is 6.24. The van der Waals surface area contributed by atoms with E-state index in [1.165, 1.54) is 18.4 Å². The maximum Gasteiger partial charge on any atom is 0.00720 e. The van der Waals surface area contributed by atoms with Gasteiger partial charge in [0.05, 0.1) is 0 Å². The van der Waals surface area contributed by atoms with E-state index in [2.05, 4.69) is 44.7 Å². The lowest BCUT2D eigenvalue weighted by Gasteiger charge is -2.09. The van der Waals surface area contributed by atoms with Crippen LogP contribution in [0.3, 0.4) is 0 Å². The van der Waals surface area contributed by atoms with Gasteiger partial charge in [-0.2, -0.15) is 0 Å². The summed E-state index contributed by atoms with van der Waals surface area (Å²) in [6.07, 6.45) is 3.71. The van der Waals surface area contributed by atoms with Crippen LogP contribution in [-0.2, 0) is 6.42 Å². The molecule has 1 aromatic carbocycles. The summed E-state index contributed by atoms with van der Waals surface area (Å²) in [6.45, 7) is 4.55. The minimum atomic E-state index is 0.827. The maximum atomic E-state index is 4.43. The Balaban J connectivity index is 2.50. The molecule has 0 aromatic heterocycles. The zero-order valence-corrected chi connectivity index (χ0v) is 9.35. The molecule has 0 aliphatic rings. The molecule has 1 unspecified atom stereocenters. The van der Waals surface area contributed by atoms with Crippen molar-refractivity contribution >= 4 is 12.6 Å². The van der Waals surface area contributed by atoms with E-state index in [0.29, 0.717) is 0 Å². The number of rotatable bonds is 4. The number of hydrogen-bond donors (Lipinski definition) is 1. The van der Waals surface area contributed by atoms with Crippen molar-refractivity contribution in [2.45, 2.75) is 38.0 Å². The molecule has 1 rings (SSSR count). The van der Waals surface area contributed by atoms with Crippen molar-refractivity contribution in [3.63, 3.8) is 0 Å². The van der Waals surface area contributed by atoms with Crippen LogP contribution in [0.25, 0.3) is 0 Å². The summed E-state index contributed by atoms with van der Waals surface area (Å²) in [5, 5.41) is 0. The summed E-state index contributed by atoms with van der Waals surface area (Å²) >= 11 is 4.43. The molecular formula is C12H18S. The summed E-state index contributed by atoms with van der Waals surface area (Å²) in [4.78, 5) is 1.13. The highest BCUT2D eigenvalue weighted by Gasteiger charge is 2.01. The van der Waals surface area contributed by atoms with Gasteiger partial charge in [0.2, 0.25) is 0 Å². The fourth-order valence-electron chi connectivity index (χ4n) is 1.33. The van der Waals surface area contributed by atoms with E-state index in [4.69, 9.17) is 0 Å². The number of benzene rings is 1. The van der Waals surface area contributed by atoms with Gasteiger partial charge in [0.25, 0.3) is 0 Å². The van der Waals surface area contributed by atoms with Crippen LogP contribution in [-0.4, -0.2) is 0 Å². The van der Waals surface area contributed by atoms with Gasteiger partial charge in [-0.05, 0) is 30.4 Å². The Bertz CT molecular complexity index is 255. The van der Waals surface area contributed by atoms with Crippen molar-refractivity contribution in [3.05, 3.63) is 29.8 Å². The van der Waals surface area contributed by atoms with E-state index in [-0.39, 0.29) is 0 Å². The summed E-state index contributed by atoms with van der Waals surface area (Å²) in [5.74, 6) is 0.827. The molecule has 0 fully saturated rings. The summed E-state index contributed by atoms with van der Waals surface area (Å²) in [5.41, 5.74) is 1.38. The van der Waals surface area contributed by atoms with Gasteiger partial charge in [0.15, 0.2) is 0 Å². The Morgan fingerprint density at radius 1 is 1.31 bits per heavy atom. The van der Waals surface area contributed by atoms with Crippen LogP contribution in [0.1, 0.15) is 32.3 Å². The highest BCUT2D eigenvalue weighted by molar-refractivity contribution is 7.80. The lowest BCUT2D eigenvalue weighted by molar-refractivity contribution is 0.515. The van der Waals surface area contributed by atoms with Gasteiger partial charge in [-0.1, -0.05) is 38.5 Å². The van der Waals surface area contributed by atoms with Crippen LogP contribution in [0.5, 0.6) is 0 Å². The average molecular weight is 194 g/mol. The lowest BCUT2D eigenvalue weighted by atomic mass is 9.99. The molecule has 0 bridgehead atoms. The number of thiol groups is 1. The Morgan fingerprint density at radius 3 is 2.62 bits per heavy atom. The van der Waals surface area contributed by atoms with E-state index in [9.17, 15) is 0 Å².